The van der Waals surface area contributed by atoms with Crippen molar-refractivity contribution in [3.63, 3.8) is 0 Å². The maximum Gasteiger partial charge on any atom is 0.303 e. The summed E-state index contributed by atoms with van der Waals surface area (Å²) in [7, 11) is 0. The number of nitrogens with two attached hydrogens (primary N) is 1. The summed E-state index contributed by atoms with van der Waals surface area (Å²) < 4.78 is 2.44. The minimum atomic E-state index is -0.721. The van der Waals surface area contributed by atoms with E-state index in [0.29, 0.717) is 6.42 Å². The Balaban J connectivity index is 1.42. The molecule has 5 nitrogen and oxygen atoms in total. The van der Waals surface area contributed by atoms with Crippen LogP contribution in [0.4, 0.5) is 17.1 Å². The lowest BCUT2D eigenvalue weighted by Gasteiger charge is -2.25. The Kier molecular flexibility index (Phi) is 8.79. The summed E-state index contributed by atoms with van der Waals surface area (Å²) in [6.07, 6.45) is 13.7. The number of nitrogens with zero attached hydrogens (tertiary/aromatic N) is 2. The van der Waals surface area contributed by atoms with Crippen LogP contribution in [0.15, 0.2) is 90.0 Å². The van der Waals surface area contributed by atoms with Gasteiger partial charge in [-0.25, -0.2) is 0 Å². The fourth-order valence-corrected chi connectivity index (χ4v) is 7.35. The first-order valence-electron chi connectivity index (χ1n) is 15.3. The van der Waals surface area contributed by atoms with Crippen LogP contribution in [0.25, 0.3) is 10.4 Å². The minimum absolute atomic E-state index is 0.129. The lowest BCUT2D eigenvalue weighted by atomic mass is 9.80. The Hall–Kier alpha value is -3.90. The average molecular weight is 595 g/mol. The largest absolute Gasteiger partial charge is 0.481 e. The van der Waals surface area contributed by atoms with Gasteiger partial charge in [0.05, 0.1) is 5.41 Å². The van der Waals surface area contributed by atoms with E-state index >= 15 is 0 Å². The number of hydrogen-bond acceptors (Lipinski definition) is 4. The van der Waals surface area contributed by atoms with E-state index in [0.717, 1.165) is 31.6 Å². The smallest absolute Gasteiger partial charge is 0.303 e. The number of carboxylic acid groups (broad SMARTS) is 1. The van der Waals surface area contributed by atoms with Gasteiger partial charge in [-0.2, -0.15) is 4.58 Å². The molecule has 0 saturated heterocycles. The number of unbranched alkanes of at least 4 members (excludes halogenated alkanes) is 2. The average Bonchev–Trinajstić information content (AvgIpc) is 3.63. The van der Waals surface area contributed by atoms with E-state index in [9.17, 15) is 4.79 Å². The summed E-state index contributed by atoms with van der Waals surface area (Å²) in [5.74, 6) is -0.721. The number of fused-ring (bicyclic) bond motifs is 2. The normalized spacial score (nSPS) is 17.9. The number of likely N-dealkylation sites (N-methyl/N-ethyl adjacent to an activating group) is 1. The van der Waals surface area contributed by atoms with Crippen LogP contribution in [0, 0.1) is 0 Å². The zero-order valence-corrected chi connectivity index (χ0v) is 26.9. The van der Waals surface area contributed by atoms with Gasteiger partial charge in [-0.1, -0.05) is 38.1 Å². The minimum Gasteiger partial charge on any atom is -0.481 e. The van der Waals surface area contributed by atoms with Crippen molar-refractivity contribution in [2.75, 3.05) is 23.7 Å². The first-order valence-corrected chi connectivity index (χ1v) is 16.2. The molecule has 3 aromatic rings. The molecule has 2 aromatic carbocycles. The van der Waals surface area contributed by atoms with Gasteiger partial charge in [0, 0.05) is 64.5 Å². The first-order chi connectivity index (χ1) is 20.6. The molecule has 224 valence electrons. The summed E-state index contributed by atoms with van der Waals surface area (Å²) in [4.78, 5) is 14.7. The molecule has 3 heterocycles. The Morgan fingerprint density at radius 2 is 1.79 bits per heavy atom. The van der Waals surface area contributed by atoms with Crippen molar-refractivity contribution in [2.24, 2.45) is 0 Å². The Bertz CT molecular complexity index is 1620. The van der Waals surface area contributed by atoms with Crippen LogP contribution in [0.3, 0.4) is 0 Å². The van der Waals surface area contributed by atoms with E-state index in [2.05, 4.69) is 122 Å². The Morgan fingerprint density at radius 1 is 0.977 bits per heavy atom. The van der Waals surface area contributed by atoms with Crippen molar-refractivity contribution in [1.82, 2.24) is 0 Å². The maximum absolute atomic E-state index is 11.0. The van der Waals surface area contributed by atoms with Gasteiger partial charge in [0.15, 0.2) is 5.71 Å². The topological polar surface area (TPSA) is 69.6 Å². The van der Waals surface area contributed by atoms with Gasteiger partial charge in [0.2, 0.25) is 5.69 Å². The summed E-state index contributed by atoms with van der Waals surface area (Å²) in [6, 6.07) is 17.4. The number of aliphatic carboxylic acids is 1. The van der Waals surface area contributed by atoms with Crippen LogP contribution in [0.2, 0.25) is 0 Å². The molecule has 43 heavy (non-hydrogen) atoms. The maximum atomic E-state index is 11.0. The second-order valence-corrected chi connectivity index (χ2v) is 13.5. The number of benzene rings is 2. The zero-order valence-electron chi connectivity index (χ0n) is 26.1. The third kappa shape index (κ3) is 5.98. The SMILES string of the molecule is CCN1/C(=C/C=C/C=C/C2=[N+](CCCCCC(=O)O)c3ccc(-c4cccs4)cc3C2(C)C)C(C)(C)c2cc(N)ccc21. The fourth-order valence-electron chi connectivity index (χ4n) is 6.63. The van der Waals surface area contributed by atoms with Crippen LogP contribution in [0.1, 0.15) is 71.4 Å². The van der Waals surface area contributed by atoms with Gasteiger partial charge in [-0.15, -0.1) is 11.3 Å². The monoisotopic (exact) mass is 594 g/mol. The van der Waals surface area contributed by atoms with Crippen molar-refractivity contribution >= 4 is 40.1 Å². The number of carboxylic acids is 1. The van der Waals surface area contributed by atoms with Crippen LogP contribution in [-0.4, -0.2) is 34.5 Å². The highest BCUT2D eigenvalue weighted by Gasteiger charge is 2.44. The summed E-state index contributed by atoms with van der Waals surface area (Å²) >= 11 is 1.77. The number of thiophene rings is 1. The van der Waals surface area contributed by atoms with Gasteiger partial charge in [0.25, 0.3) is 0 Å². The molecule has 0 spiro atoms. The second kappa shape index (κ2) is 12.4. The molecular formula is C37H44N3O2S+. The van der Waals surface area contributed by atoms with Crippen LogP contribution < -0.4 is 10.6 Å². The molecular weight excluding hydrogens is 550 g/mol. The number of anilines is 2. The predicted molar refractivity (Wildman–Crippen MR) is 182 cm³/mol. The molecule has 0 aliphatic carbocycles. The molecule has 0 fully saturated rings. The highest BCUT2D eigenvalue weighted by molar-refractivity contribution is 7.13. The van der Waals surface area contributed by atoms with Crippen molar-refractivity contribution in [1.29, 1.82) is 0 Å². The van der Waals surface area contributed by atoms with Crippen LogP contribution in [0.5, 0.6) is 0 Å². The third-order valence-corrected chi connectivity index (χ3v) is 9.85. The van der Waals surface area contributed by atoms with Crippen molar-refractivity contribution in [3.8, 4) is 10.4 Å². The molecule has 0 radical (unpaired) electrons. The number of allylic oxidation sites excluding steroid dienone is 6. The van der Waals surface area contributed by atoms with E-state index in [-0.39, 0.29) is 17.3 Å². The van der Waals surface area contributed by atoms with E-state index in [1.54, 1.807) is 11.3 Å². The van der Waals surface area contributed by atoms with E-state index < -0.39 is 5.97 Å². The van der Waals surface area contributed by atoms with Crippen LogP contribution in [-0.2, 0) is 15.6 Å². The fraction of sp³-hybridized carbons (Fsp3) is 0.351. The van der Waals surface area contributed by atoms with Gasteiger partial charge >= 0.3 is 5.97 Å². The van der Waals surface area contributed by atoms with E-state index in [1.807, 2.05) is 6.07 Å². The molecule has 5 rings (SSSR count). The number of carbonyl (C=O) groups is 1. The van der Waals surface area contributed by atoms with Gasteiger partial charge in [-0.05, 0) is 92.6 Å². The molecule has 6 heteroatoms. The number of hydrogen-bond donors (Lipinski definition) is 2. The van der Waals surface area contributed by atoms with Crippen molar-refractivity contribution in [2.45, 2.75) is 71.1 Å². The molecule has 3 N–H and O–H groups in total. The molecule has 0 amide bonds. The van der Waals surface area contributed by atoms with Gasteiger partial charge in [-0.3, -0.25) is 4.79 Å². The highest BCUT2D eigenvalue weighted by Crippen LogP contribution is 2.48. The van der Waals surface area contributed by atoms with E-state index in [4.69, 9.17) is 10.8 Å². The van der Waals surface area contributed by atoms with E-state index in [1.165, 1.54) is 44.4 Å². The lowest BCUT2D eigenvalue weighted by molar-refractivity contribution is -0.438. The number of rotatable bonds is 11. The number of nitrogen functional groups attached to an aromatic ring is 1. The zero-order chi connectivity index (χ0) is 30.8. The van der Waals surface area contributed by atoms with Crippen molar-refractivity contribution in [3.05, 3.63) is 101 Å². The Morgan fingerprint density at radius 3 is 2.51 bits per heavy atom. The van der Waals surface area contributed by atoms with Gasteiger partial charge in [0.1, 0.15) is 6.54 Å². The van der Waals surface area contributed by atoms with Crippen molar-refractivity contribution < 1.29 is 14.5 Å². The highest BCUT2D eigenvalue weighted by atomic mass is 32.1. The lowest BCUT2D eigenvalue weighted by Crippen LogP contribution is -2.28. The Labute approximate surface area is 260 Å². The molecule has 0 bridgehead atoms. The molecule has 0 saturated carbocycles. The molecule has 2 aliphatic heterocycles. The molecule has 2 aliphatic rings. The summed E-state index contributed by atoms with van der Waals surface area (Å²) in [5, 5.41) is 11.2. The summed E-state index contributed by atoms with van der Waals surface area (Å²) in [5.41, 5.74) is 15.5. The van der Waals surface area contributed by atoms with Crippen LogP contribution >= 0.6 is 11.3 Å². The first kappa shape index (κ1) is 30.6. The molecule has 0 atom stereocenters. The summed E-state index contributed by atoms with van der Waals surface area (Å²) in [6.45, 7) is 13.1. The standard InChI is InChI=1S/C37H43N3O2S/c1-6-39-30-21-19-27(38)25-29(30)37(4,5)33(39)15-9-7-10-16-34-36(2,3)28-24-26(32-14-13-23-43-32)18-20-31(28)40(34)22-12-8-11-17-35(41)42/h7,9-10,13-16,18-21,23-25H,6,8,11-12,17,22,38H2,1-5H3/p+1. The second-order valence-electron chi connectivity index (χ2n) is 12.5. The third-order valence-electron chi connectivity index (χ3n) is 8.93. The molecule has 0 unspecified atom stereocenters. The predicted octanol–water partition coefficient (Wildman–Crippen LogP) is 8.83. The quantitative estimate of drug-likeness (QED) is 0.101. The van der Waals surface area contributed by atoms with Gasteiger partial charge < -0.3 is 15.7 Å². The molecule has 1 aromatic heterocycles.